The van der Waals surface area contributed by atoms with Gasteiger partial charge >= 0.3 is 0 Å². The number of thioether (sulfide) groups is 1. The SMILES string of the molecule is CSCC(=O)NCc1ccc(C#N)cc1. The molecule has 15 heavy (non-hydrogen) atoms. The second-order valence-corrected chi connectivity index (χ2v) is 3.88. The van der Waals surface area contributed by atoms with Crippen molar-refractivity contribution in [2.75, 3.05) is 12.0 Å². The Bertz CT molecular complexity index is 367. The molecule has 0 saturated heterocycles. The fourth-order valence-electron chi connectivity index (χ4n) is 1.08. The van der Waals surface area contributed by atoms with E-state index in [0.29, 0.717) is 17.9 Å². The fraction of sp³-hybridized carbons (Fsp3) is 0.273. The number of carbonyl (C=O) groups excluding carboxylic acids is 1. The Morgan fingerprint density at radius 2 is 2.13 bits per heavy atom. The summed E-state index contributed by atoms with van der Waals surface area (Å²) in [6, 6.07) is 9.23. The molecular weight excluding hydrogens is 208 g/mol. The van der Waals surface area contributed by atoms with Gasteiger partial charge < -0.3 is 5.32 Å². The zero-order valence-electron chi connectivity index (χ0n) is 8.49. The molecule has 1 aromatic rings. The minimum absolute atomic E-state index is 0.0341. The van der Waals surface area contributed by atoms with E-state index in [0.717, 1.165) is 5.56 Å². The van der Waals surface area contributed by atoms with Crippen molar-refractivity contribution in [1.29, 1.82) is 5.26 Å². The average molecular weight is 220 g/mol. The van der Waals surface area contributed by atoms with Crippen molar-refractivity contribution in [1.82, 2.24) is 5.32 Å². The van der Waals surface area contributed by atoms with Crippen molar-refractivity contribution in [3.05, 3.63) is 35.4 Å². The summed E-state index contributed by atoms with van der Waals surface area (Å²) in [4.78, 5) is 11.2. The number of amides is 1. The van der Waals surface area contributed by atoms with Gasteiger partial charge in [0.15, 0.2) is 0 Å². The van der Waals surface area contributed by atoms with Gasteiger partial charge in [-0.15, -0.1) is 0 Å². The standard InChI is InChI=1S/C11H12N2OS/c1-15-8-11(14)13-7-10-4-2-9(6-12)3-5-10/h2-5H,7-8H2,1H3,(H,13,14). The minimum Gasteiger partial charge on any atom is -0.351 e. The summed E-state index contributed by atoms with van der Waals surface area (Å²) >= 11 is 1.50. The Labute approximate surface area is 93.5 Å². The summed E-state index contributed by atoms with van der Waals surface area (Å²) < 4.78 is 0. The van der Waals surface area contributed by atoms with E-state index in [1.807, 2.05) is 24.5 Å². The first-order valence-corrected chi connectivity index (χ1v) is 5.90. The highest BCUT2D eigenvalue weighted by Gasteiger charge is 1.99. The molecule has 1 N–H and O–H groups in total. The second kappa shape index (κ2) is 6.10. The molecule has 0 heterocycles. The fourth-order valence-corrected chi connectivity index (χ4v) is 1.44. The lowest BCUT2D eigenvalue weighted by atomic mass is 10.1. The van der Waals surface area contributed by atoms with Crippen LogP contribution in [0.1, 0.15) is 11.1 Å². The number of nitrogens with one attached hydrogen (secondary N) is 1. The summed E-state index contributed by atoms with van der Waals surface area (Å²) in [5.74, 6) is 0.517. The Balaban J connectivity index is 2.45. The molecular formula is C11H12N2OS. The van der Waals surface area contributed by atoms with Gasteiger partial charge in [0.1, 0.15) is 0 Å². The number of hydrogen-bond donors (Lipinski definition) is 1. The number of carbonyl (C=O) groups is 1. The lowest BCUT2D eigenvalue weighted by molar-refractivity contribution is -0.118. The number of benzene rings is 1. The molecule has 1 aromatic carbocycles. The molecule has 0 spiro atoms. The van der Waals surface area contributed by atoms with Crippen molar-refractivity contribution >= 4 is 17.7 Å². The molecule has 1 rings (SSSR count). The maximum Gasteiger partial charge on any atom is 0.230 e. The van der Waals surface area contributed by atoms with Crippen LogP contribution in [0.15, 0.2) is 24.3 Å². The van der Waals surface area contributed by atoms with E-state index in [1.54, 1.807) is 12.1 Å². The smallest absolute Gasteiger partial charge is 0.230 e. The predicted octanol–water partition coefficient (Wildman–Crippen LogP) is 1.54. The first-order chi connectivity index (χ1) is 7.26. The third kappa shape index (κ3) is 4.05. The van der Waals surface area contributed by atoms with E-state index in [9.17, 15) is 4.79 Å². The van der Waals surface area contributed by atoms with E-state index in [1.165, 1.54) is 11.8 Å². The van der Waals surface area contributed by atoms with Crippen molar-refractivity contribution in [3.63, 3.8) is 0 Å². The highest BCUT2D eigenvalue weighted by Crippen LogP contribution is 2.02. The van der Waals surface area contributed by atoms with Crippen LogP contribution in [0.4, 0.5) is 0 Å². The monoisotopic (exact) mass is 220 g/mol. The average Bonchev–Trinajstić information content (AvgIpc) is 2.27. The maximum absolute atomic E-state index is 11.2. The van der Waals surface area contributed by atoms with Crippen LogP contribution in [0.2, 0.25) is 0 Å². The minimum atomic E-state index is 0.0341. The van der Waals surface area contributed by atoms with Crippen molar-refractivity contribution in [3.8, 4) is 6.07 Å². The molecule has 1 amide bonds. The molecule has 0 fully saturated rings. The van der Waals surface area contributed by atoms with Crippen molar-refractivity contribution < 1.29 is 4.79 Å². The van der Waals surface area contributed by atoms with Crippen LogP contribution < -0.4 is 5.32 Å². The molecule has 0 aliphatic rings. The molecule has 0 aliphatic carbocycles. The topological polar surface area (TPSA) is 52.9 Å². The van der Waals surface area contributed by atoms with Gasteiger partial charge in [-0.05, 0) is 24.0 Å². The van der Waals surface area contributed by atoms with Crippen molar-refractivity contribution in [2.45, 2.75) is 6.54 Å². The molecule has 0 atom stereocenters. The van der Waals surface area contributed by atoms with Gasteiger partial charge in [0, 0.05) is 6.54 Å². The van der Waals surface area contributed by atoms with Gasteiger partial charge in [-0.1, -0.05) is 12.1 Å². The first kappa shape index (κ1) is 11.6. The number of nitrogens with zero attached hydrogens (tertiary/aromatic N) is 1. The second-order valence-electron chi connectivity index (χ2n) is 3.02. The summed E-state index contributed by atoms with van der Waals surface area (Å²) in [6.07, 6.45) is 1.89. The van der Waals surface area contributed by atoms with Gasteiger partial charge in [0.05, 0.1) is 17.4 Å². The first-order valence-electron chi connectivity index (χ1n) is 4.51. The van der Waals surface area contributed by atoms with Gasteiger partial charge in [0.25, 0.3) is 0 Å². The van der Waals surface area contributed by atoms with Crippen LogP contribution >= 0.6 is 11.8 Å². The zero-order valence-corrected chi connectivity index (χ0v) is 9.30. The lowest BCUT2D eigenvalue weighted by Crippen LogP contribution is -2.24. The predicted molar refractivity (Wildman–Crippen MR) is 61.4 cm³/mol. The van der Waals surface area contributed by atoms with Crippen LogP contribution in [0.3, 0.4) is 0 Å². The van der Waals surface area contributed by atoms with E-state index >= 15 is 0 Å². The van der Waals surface area contributed by atoms with Gasteiger partial charge in [-0.2, -0.15) is 17.0 Å². The maximum atomic E-state index is 11.2. The largest absolute Gasteiger partial charge is 0.351 e. The highest BCUT2D eigenvalue weighted by molar-refractivity contribution is 7.99. The molecule has 0 saturated carbocycles. The normalized spacial score (nSPS) is 9.33. The molecule has 0 unspecified atom stereocenters. The van der Waals surface area contributed by atoms with E-state index in [2.05, 4.69) is 5.32 Å². The summed E-state index contributed by atoms with van der Waals surface area (Å²) in [5.41, 5.74) is 1.64. The zero-order chi connectivity index (χ0) is 11.1. The third-order valence-corrected chi connectivity index (χ3v) is 2.40. The van der Waals surface area contributed by atoms with Gasteiger partial charge in [-0.25, -0.2) is 0 Å². The number of nitriles is 1. The van der Waals surface area contributed by atoms with E-state index in [-0.39, 0.29) is 5.91 Å². The summed E-state index contributed by atoms with van der Waals surface area (Å²) in [6.45, 7) is 0.519. The Kier molecular flexibility index (Phi) is 4.72. The Hall–Kier alpha value is -1.47. The molecule has 3 nitrogen and oxygen atoms in total. The third-order valence-electron chi connectivity index (χ3n) is 1.85. The highest BCUT2D eigenvalue weighted by atomic mass is 32.2. The van der Waals surface area contributed by atoms with E-state index in [4.69, 9.17) is 5.26 Å². The molecule has 4 heteroatoms. The molecule has 0 radical (unpaired) electrons. The molecule has 78 valence electrons. The Morgan fingerprint density at radius 3 is 2.67 bits per heavy atom. The quantitative estimate of drug-likeness (QED) is 0.837. The lowest BCUT2D eigenvalue weighted by Gasteiger charge is -2.03. The number of rotatable bonds is 4. The van der Waals surface area contributed by atoms with Gasteiger partial charge in [0.2, 0.25) is 5.91 Å². The molecule has 0 aliphatic heterocycles. The summed E-state index contributed by atoms with van der Waals surface area (Å²) in [7, 11) is 0. The Morgan fingerprint density at radius 1 is 1.47 bits per heavy atom. The van der Waals surface area contributed by atoms with Crippen LogP contribution in [-0.4, -0.2) is 17.9 Å². The summed E-state index contributed by atoms with van der Waals surface area (Å²) in [5, 5.41) is 11.4. The van der Waals surface area contributed by atoms with Gasteiger partial charge in [-0.3, -0.25) is 4.79 Å². The number of hydrogen-bond acceptors (Lipinski definition) is 3. The van der Waals surface area contributed by atoms with Crippen LogP contribution in [0.5, 0.6) is 0 Å². The molecule has 0 bridgehead atoms. The van der Waals surface area contributed by atoms with Crippen LogP contribution in [0.25, 0.3) is 0 Å². The van der Waals surface area contributed by atoms with E-state index < -0.39 is 0 Å². The van der Waals surface area contributed by atoms with Crippen molar-refractivity contribution in [2.24, 2.45) is 0 Å². The van der Waals surface area contributed by atoms with Crippen LogP contribution in [0, 0.1) is 11.3 Å². The van der Waals surface area contributed by atoms with Crippen LogP contribution in [-0.2, 0) is 11.3 Å². The molecule has 0 aromatic heterocycles.